The molecule has 0 saturated heterocycles. The van der Waals surface area contributed by atoms with Crippen LogP contribution in [0.3, 0.4) is 0 Å². The fourth-order valence-corrected chi connectivity index (χ4v) is 2.79. The zero-order valence-electron chi connectivity index (χ0n) is 10.7. The van der Waals surface area contributed by atoms with Gasteiger partial charge in [0.2, 0.25) is 0 Å². The minimum atomic E-state index is 0.888. The van der Waals surface area contributed by atoms with E-state index in [0.29, 0.717) is 0 Å². The molecule has 0 bridgehead atoms. The number of benzene rings is 2. The first-order valence-electron chi connectivity index (χ1n) is 6.15. The van der Waals surface area contributed by atoms with Crippen LogP contribution in [0.1, 0.15) is 0 Å². The van der Waals surface area contributed by atoms with Gasteiger partial charge in [0.15, 0.2) is 0 Å². The third-order valence-electron chi connectivity index (χ3n) is 3.11. The Labute approximate surface area is 117 Å². The standard InChI is InChI=1S/C17H14OS/c1-18-16-10-8-14(9-11-16)13-4-6-15(7-5-13)17-3-2-12-19-17/h2-12H,1H3. The molecular weight excluding hydrogens is 252 g/mol. The smallest absolute Gasteiger partial charge is 0.118 e. The maximum Gasteiger partial charge on any atom is 0.118 e. The Morgan fingerprint density at radius 2 is 1.32 bits per heavy atom. The highest BCUT2D eigenvalue weighted by Gasteiger charge is 2.01. The highest BCUT2D eigenvalue weighted by Crippen LogP contribution is 2.28. The van der Waals surface area contributed by atoms with Gasteiger partial charge in [-0.2, -0.15) is 0 Å². The summed E-state index contributed by atoms with van der Waals surface area (Å²) in [6.45, 7) is 0. The summed E-state index contributed by atoms with van der Waals surface area (Å²) in [5.41, 5.74) is 3.70. The van der Waals surface area contributed by atoms with Gasteiger partial charge < -0.3 is 4.74 Å². The van der Waals surface area contributed by atoms with Gasteiger partial charge in [0.05, 0.1) is 7.11 Å². The molecule has 3 rings (SSSR count). The van der Waals surface area contributed by atoms with Gasteiger partial charge in [0.1, 0.15) is 5.75 Å². The molecule has 2 heteroatoms. The quantitative estimate of drug-likeness (QED) is 0.641. The first-order valence-corrected chi connectivity index (χ1v) is 7.03. The zero-order valence-corrected chi connectivity index (χ0v) is 11.5. The second-order valence-electron chi connectivity index (χ2n) is 4.28. The summed E-state index contributed by atoms with van der Waals surface area (Å²) < 4.78 is 5.17. The average Bonchev–Trinajstić information content (AvgIpc) is 3.02. The van der Waals surface area contributed by atoms with E-state index in [0.717, 1.165) is 5.75 Å². The van der Waals surface area contributed by atoms with Crippen molar-refractivity contribution in [2.45, 2.75) is 0 Å². The van der Waals surface area contributed by atoms with E-state index in [1.54, 1.807) is 18.4 Å². The Bertz CT molecular complexity index is 637. The van der Waals surface area contributed by atoms with Gasteiger partial charge in [0, 0.05) is 4.88 Å². The summed E-state index contributed by atoms with van der Waals surface area (Å²) in [7, 11) is 1.69. The van der Waals surface area contributed by atoms with Gasteiger partial charge in [-0.25, -0.2) is 0 Å². The minimum Gasteiger partial charge on any atom is -0.497 e. The van der Waals surface area contributed by atoms with Crippen LogP contribution < -0.4 is 4.74 Å². The molecule has 2 aromatic carbocycles. The van der Waals surface area contributed by atoms with Crippen molar-refractivity contribution in [3.05, 3.63) is 66.0 Å². The zero-order chi connectivity index (χ0) is 13.1. The molecule has 0 unspecified atom stereocenters. The van der Waals surface area contributed by atoms with Crippen LogP contribution in [0.5, 0.6) is 5.75 Å². The van der Waals surface area contributed by atoms with Crippen molar-refractivity contribution in [2.24, 2.45) is 0 Å². The number of methoxy groups -OCH3 is 1. The van der Waals surface area contributed by atoms with Crippen LogP contribution in [0.15, 0.2) is 66.0 Å². The third-order valence-corrected chi connectivity index (χ3v) is 4.03. The molecule has 94 valence electrons. The van der Waals surface area contributed by atoms with Crippen molar-refractivity contribution in [3.63, 3.8) is 0 Å². The summed E-state index contributed by atoms with van der Waals surface area (Å²) in [6, 6.07) is 21.0. The summed E-state index contributed by atoms with van der Waals surface area (Å²) in [5.74, 6) is 0.888. The maximum atomic E-state index is 5.17. The molecule has 1 nitrogen and oxygen atoms in total. The van der Waals surface area contributed by atoms with E-state index in [9.17, 15) is 0 Å². The van der Waals surface area contributed by atoms with Crippen molar-refractivity contribution < 1.29 is 4.74 Å². The molecule has 1 aromatic heterocycles. The lowest BCUT2D eigenvalue weighted by Crippen LogP contribution is -1.82. The Hall–Kier alpha value is -2.06. The summed E-state index contributed by atoms with van der Waals surface area (Å²) in [6.07, 6.45) is 0. The highest BCUT2D eigenvalue weighted by atomic mass is 32.1. The normalized spacial score (nSPS) is 10.4. The van der Waals surface area contributed by atoms with Gasteiger partial charge >= 0.3 is 0 Å². The summed E-state index contributed by atoms with van der Waals surface area (Å²) in [4.78, 5) is 1.31. The van der Waals surface area contributed by atoms with Gasteiger partial charge in [-0.05, 0) is 40.3 Å². The van der Waals surface area contributed by atoms with Gasteiger partial charge in [0.25, 0.3) is 0 Å². The number of hydrogen-bond donors (Lipinski definition) is 0. The van der Waals surface area contributed by atoms with Crippen molar-refractivity contribution in [3.8, 4) is 27.3 Å². The predicted molar refractivity (Wildman–Crippen MR) is 81.7 cm³/mol. The van der Waals surface area contributed by atoms with Gasteiger partial charge in [-0.3, -0.25) is 0 Å². The SMILES string of the molecule is COc1ccc(-c2ccc(-c3cccs3)cc2)cc1. The molecule has 0 N–H and O–H groups in total. The lowest BCUT2D eigenvalue weighted by atomic mass is 10.0. The van der Waals surface area contributed by atoms with Crippen LogP contribution in [0, 0.1) is 0 Å². The Kier molecular flexibility index (Phi) is 3.34. The van der Waals surface area contributed by atoms with Crippen molar-refractivity contribution >= 4 is 11.3 Å². The first kappa shape index (κ1) is 12.0. The van der Waals surface area contributed by atoms with E-state index in [-0.39, 0.29) is 0 Å². The van der Waals surface area contributed by atoms with Crippen molar-refractivity contribution in [1.82, 2.24) is 0 Å². The van der Waals surface area contributed by atoms with Crippen LogP contribution in [-0.4, -0.2) is 7.11 Å². The third kappa shape index (κ3) is 2.54. The largest absolute Gasteiger partial charge is 0.497 e. The lowest BCUT2D eigenvalue weighted by Gasteiger charge is -2.05. The molecule has 0 fully saturated rings. The molecule has 19 heavy (non-hydrogen) atoms. The molecule has 3 aromatic rings. The molecule has 0 spiro atoms. The first-order chi connectivity index (χ1) is 9.36. The fourth-order valence-electron chi connectivity index (χ4n) is 2.05. The van der Waals surface area contributed by atoms with E-state index in [1.807, 2.05) is 12.1 Å². The number of hydrogen-bond acceptors (Lipinski definition) is 2. The molecule has 0 amide bonds. The second kappa shape index (κ2) is 5.29. The second-order valence-corrected chi connectivity index (χ2v) is 5.23. The molecular formula is C17H14OS. The maximum absolute atomic E-state index is 5.17. The Balaban J connectivity index is 1.89. The molecule has 0 saturated carbocycles. The molecule has 0 aliphatic carbocycles. The van der Waals surface area contributed by atoms with Crippen molar-refractivity contribution in [1.29, 1.82) is 0 Å². The summed E-state index contributed by atoms with van der Waals surface area (Å²) in [5, 5.41) is 2.10. The minimum absolute atomic E-state index is 0.888. The van der Waals surface area contributed by atoms with Crippen LogP contribution >= 0.6 is 11.3 Å². The topological polar surface area (TPSA) is 9.23 Å². The van der Waals surface area contributed by atoms with E-state index in [1.165, 1.54) is 21.6 Å². The van der Waals surface area contributed by atoms with E-state index in [4.69, 9.17) is 4.74 Å². The number of thiophene rings is 1. The van der Waals surface area contributed by atoms with Gasteiger partial charge in [-0.1, -0.05) is 42.5 Å². The molecule has 0 aliphatic rings. The fraction of sp³-hybridized carbons (Fsp3) is 0.0588. The van der Waals surface area contributed by atoms with Crippen LogP contribution in [0.2, 0.25) is 0 Å². The molecule has 0 atom stereocenters. The Morgan fingerprint density at radius 3 is 1.84 bits per heavy atom. The van der Waals surface area contributed by atoms with Crippen molar-refractivity contribution in [2.75, 3.05) is 7.11 Å². The lowest BCUT2D eigenvalue weighted by molar-refractivity contribution is 0.415. The highest BCUT2D eigenvalue weighted by molar-refractivity contribution is 7.13. The average molecular weight is 266 g/mol. The number of ether oxygens (including phenoxy) is 1. The van der Waals surface area contributed by atoms with Crippen LogP contribution in [0.4, 0.5) is 0 Å². The number of rotatable bonds is 3. The molecule has 1 heterocycles. The van der Waals surface area contributed by atoms with Gasteiger partial charge in [-0.15, -0.1) is 11.3 Å². The van der Waals surface area contributed by atoms with E-state index < -0.39 is 0 Å². The monoisotopic (exact) mass is 266 g/mol. The van der Waals surface area contributed by atoms with Crippen LogP contribution in [-0.2, 0) is 0 Å². The van der Waals surface area contributed by atoms with Crippen LogP contribution in [0.25, 0.3) is 21.6 Å². The predicted octanol–water partition coefficient (Wildman–Crippen LogP) is 5.09. The van der Waals surface area contributed by atoms with E-state index >= 15 is 0 Å². The summed E-state index contributed by atoms with van der Waals surface area (Å²) >= 11 is 1.77. The molecule has 0 aliphatic heterocycles. The molecule has 0 radical (unpaired) electrons. The van der Waals surface area contributed by atoms with E-state index in [2.05, 4.69) is 53.9 Å². The Morgan fingerprint density at radius 1 is 0.737 bits per heavy atom.